The Labute approximate surface area is 123 Å². The van der Waals surface area contributed by atoms with Crippen LogP contribution < -0.4 is 10.5 Å². The molecule has 0 aliphatic carbocycles. The molecule has 0 heterocycles. The normalized spacial score (nSPS) is 13.3. The van der Waals surface area contributed by atoms with Gasteiger partial charge in [0.15, 0.2) is 0 Å². The highest BCUT2D eigenvalue weighted by Crippen LogP contribution is 2.36. The van der Waals surface area contributed by atoms with Crippen molar-refractivity contribution in [3.05, 3.63) is 28.8 Å². The third-order valence-electron chi connectivity index (χ3n) is 3.43. The van der Waals surface area contributed by atoms with E-state index in [-0.39, 0.29) is 5.41 Å². The Morgan fingerprint density at radius 2 is 1.95 bits per heavy atom. The number of nitrogens with two attached hydrogens (primary N) is 1. The summed E-state index contributed by atoms with van der Waals surface area (Å²) in [5.74, 6) is 0.981. The van der Waals surface area contributed by atoms with Crippen molar-refractivity contribution in [1.29, 1.82) is 0 Å². The molecule has 3 nitrogen and oxygen atoms in total. The van der Waals surface area contributed by atoms with Crippen LogP contribution in [0.4, 0.5) is 0 Å². The van der Waals surface area contributed by atoms with Crippen LogP contribution in [0.5, 0.6) is 5.75 Å². The van der Waals surface area contributed by atoms with Crippen LogP contribution in [0.2, 0.25) is 0 Å². The summed E-state index contributed by atoms with van der Waals surface area (Å²) in [7, 11) is 0. The minimum atomic E-state index is -0.442. The second kappa shape index (κ2) is 7.09. The third kappa shape index (κ3) is 4.50. The molecule has 1 unspecified atom stereocenters. The topological polar surface area (TPSA) is 55.5 Å². The molecule has 0 bridgehead atoms. The summed E-state index contributed by atoms with van der Waals surface area (Å²) in [6.07, 6.45) is 1.02. The van der Waals surface area contributed by atoms with E-state index in [9.17, 15) is 5.11 Å². The molecule has 0 aliphatic rings. The lowest BCUT2D eigenvalue weighted by atomic mass is 9.83. The smallest absolute Gasteiger partial charge is 0.126 e. The van der Waals surface area contributed by atoms with Gasteiger partial charge >= 0.3 is 0 Å². The molecule has 0 spiro atoms. The number of aliphatic hydroxyl groups is 1. The Hall–Kier alpha value is -1.06. The van der Waals surface area contributed by atoms with Crippen LogP contribution in [0.3, 0.4) is 0 Å². The van der Waals surface area contributed by atoms with Gasteiger partial charge in [-0.2, -0.15) is 0 Å². The van der Waals surface area contributed by atoms with Gasteiger partial charge in [-0.25, -0.2) is 0 Å². The van der Waals surface area contributed by atoms with Crippen LogP contribution in [0.15, 0.2) is 12.1 Å². The van der Waals surface area contributed by atoms with E-state index in [2.05, 4.69) is 39.8 Å². The largest absolute Gasteiger partial charge is 0.493 e. The lowest BCUT2D eigenvalue weighted by molar-refractivity contribution is 0.172. The van der Waals surface area contributed by atoms with Crippen molar-refractivity contribution in [2.75, 3.05) is 13.2 Å². The number of hydrogen-bond donors (Lipinski definition) is 2. The predicted octanol–water partition coefficient (Wildman–Crippen LogP) is 2.94. The summed E-state index contributed by atoms with van der Waals surface area (Å²) in [5.41, 5.74) is 9.16. The van der Waals surface area contributed by atoms with Crippen molar-refractivity contribution in [2.24, 2.45) is 5.73 Å². The van der Waals surface area contributed by atoms with Crippen molar-refractivity contribution >= 4 is 0 Å². The molecule has 114 valence electrons. The number of rotatable bonds is 6. The Morgan fingerprint density at radius 3 is 2.45 bits per heavy atom. The average Bonchev–Trinajstić information content (AvgIpc) is 2.37. The second-order valence-electron chi connectivity index (χ2n) is 6.41. The Balaban J connectivity index is 3.17. The molecule has 20 heavy (non-hydrogen) atoms. The number of aliphatic hydroxyl groups excluding tert-OH is 1. The van der Waals surface area contributed by atoms with E-state index < -0.39 is 6.10 Å². The average molecular weight is 279 g/mol. The molecule has 3 heteroatoms. The molecule has 0 aromatic heterocycles. The standard InChI is InChI=1S/C17H29NO2/c1-6-20-16-13(7-8-14(19)11-18)9-12(2)10-15(16)17(3,4)5/h9-10,14,19H,6-8,11,18H2,1-5H3. The second-order valence-corrected chi connectivity index (χ2v) is 6.41. The monoisotopic (exact) mass is 279 g/mol. The van der Waals surface area contributed by atoms with Crippen molar-refractivity contribution in [3.63, 3.8) is 0 Å². The van der Waals surface area contributed by atoms with Crippen LogP contribution in [0.1, 0.15) is 50.8 Å². The van der Waals surface area contributed by atoms with Crippen molar-refractivity contribution in [3.8, 4) is 5.75 Å². The van der Waals surface area contributed by atoms with Crippen LogP contribution in [0.25, 0.3) is 0 Å². The SMILES string of the molecule is CCOc1c(CCC(O)CN)cc(C)cc1C(C)(C)C. The van der Waals surface area contributed by atoms with Crippen LogP contribution >= 0.6 is 0 Å². The zero-order valence-corrected chi connectivity index (χ0v) is 13.5. The molecular formula is C17H29NO2. The fraction of sp³-hybridized carbons (Fsp3) is 0.647. The summed E-state index contributed by atoms with van der Waals surface area (Å²) >= 11 is 0. The minimum Gasteiger partial charge on any atom is -0.493 e. The molecule has 0 radical (unpaired) electrons. The van der Waals surface area contributed by atoms with Crippen molar-refractivity contribution in [1.82, 2.24) is 0 Å². The Bertz CT molecular complexity index is 435. The van der Waals surface area contributed by atoms with E-state index in [1.165, 1.54) is 16.7 Å². The fourth-order valence-electron chi connectivity index (χ4n) is 2.35. The maximum Gasteiger partial charge on any atom is 0.126 e. The number of aryl methyl sites for hydroxylation is 2. The summed E-state index contributed by atoms with van der Waals surface area (Å²) < 4.78 is 5.90. The first-order chi connectivity index (χ1) is 9.29. The van der Waals surface area contributed by atoms with Gasteiger partial charge in [0.05, 0.1) is 12.7 Å². The molecular weight excluding hydrogens is 250 g/mol. The number of ether oxygens (including phenoxy) is 1. The minimum absolute atomic E-state index is 0.0394. The fourth-order valence-corrected chi connectivity index (χ4v) is 2.35. The lowest BCUT2D eigenvalue weighted by Gasteiger charge is -2.26. The van der Waals surface area contributed by atoms with Gasteiger partial charge in [0.2, 0.25) is 0 Å². The van der Waals surface area contributed by atoms with Gasteiger partial charge in [-0.05, 0) is 37.7 Å². The first kappa shape index (κ1) is 17.0. The highest BCUT2D eigenvalue weighted by molar-refractivity contribution is 5.48. The first-order valence-electron chi connectivity index (χ1n) is 7.44. The molecule has 0 saturated carbocycles. The van der Waals surface area contributed by atoms with Gasteiger partial charge in [0.1, 0.15) is 5.75 Å². The van der Waals surface area contributed by atoms with E-state index in [4.69, 9.17) is 10.5 Å². The Kier molecular flexibility index (Phi) is 6.03. The highest BCUT2D eigenvalue weighted by Gasteiger charge is 2.22. The maximum absolute atomic E-state index is 9.67. The van der Waals surface area contributed by atoms with Gasteiger partial charge in [-0.3, -0.25) is 0 Å². The molecule has 0 fully saturated rings. The molecule has 1 atom stereocenters. The maximum atomic E-state index is 9.67. The van der Waals surface area contributed by atoms with Gasteiger partial charge in [-0.15, -0.1) is 0 Å². The summed E-state index contributed by atoms with van der Waals surface area (Å²) in [6.45, 7) is 11.7. The van der Waals surface area contributed by atoms with Gasteiger partial charge < -0.3 is 15.6 Å². The van der Waals surface area contributed by atoms with E-state index in [0.29, 0.717) is 19.6 Å². The number of hydrogen-bond acceptors (Lipinski definition) is 3. The zero-order chi connectivity index (χ0) is 15.3. The van der Waals surface area contributed by atoms with Crippen molar-refractivity contribution < 1.29 is 9.84 Å². The van der Waals surface area contributed by atoms with Crippen LogP contribution in [-0.2, 0) is 11.8 Å². The van der Waals surface area contributed by atoms with Crippen molar-refractivity contribution in [2.45, 2.75) is 59.0 Å². The van der Waals surface area contributed by atoms with Gasteiger partial charge in [-0.1, -0.05) is 38.5 Å². The molecule has 1 aromatic rings. The third-order valence-corrected chi connectivity index (χ3v) is 3.43. The summed E-state index contributed by atoms with van der Waals surface area (Å²) in [4.78, 5) is 0. The summed E-state index contributed by atoms with van der Waals surface area (Å²) in [6, 6.07) is 4.36. The lowest BCUT2D eigenvalue weighted by Crippen LogP contribution is -2.21. The molecule has 0 aliphatic heterocycles. The highest BCUT2D eigenvalue weighted by atomic mass is 16.5. The van der Waals surface area contributed by atoms with Crippen LogP contribution in [-0.4, -0.2) is 24.4 Å². The van der Waals surface area contributed by atoms with E-state index in [0.717, 1.165) is 12.2 Å². The zero-order valence-electron chi connectivity index (χ0n) is 13.5. The van der Waals surface area contributed by atoms with E-state index >= 15 is 0 Å². The molecule has 3 N–H and O–H groups in total. The van der Waals surface area contributed by atoms with Gasteiger partial charge in [0, 0.05) is 12.1 Å². The predicted molar refractivity (Wildman–Crippen MR) is 84.4 cm³/mol. The number of benzene rings is 1. The van der Waals surface area contributed by atoms with Gasteiger partial charge in [0.25, 0.3) is 0 Å². The quantitative estimate of drug-likeness (QED) is 0.842. The molecule has 1 aromatic carbocycles. The van der Waals surface area contributed by atoms with E-state index in [1.807, 2.05) is 6.92 Å². The van der Waals surface area contributed by atoms with E-state index in [1.54, 1.807) is 0 Å². The van der Waals surface area contributed by atoms with Crippen LogP contribution in [0, 0.1) is 6.92 Å². The molecule has 1 rings (SSSR count). The molecule has 0 amide bonds. The molecule has 0 saturated heterocycles. The summed E-state index contributed by atoms with van der Waals surface area (Å²) in [5, 5.41) is 9.67. The first-order valence-corrected chi connectivity index (χ1v) is 7.44. The Morgan fingerprint density at radius 1 is 1.30 bits per heavy atom.